The molecule has 0 heterocycles. The molecule has 0 saturated heterocycles. The predicted octanol–water partition coefficient (Wildman–Crippen LogP) is 20.7. The van der Waals surface area contributed by atoms with E-state index >= 15 is 0 Å². The number of hydrogen-bond donors (Lipinski definition) is 3. The molecule has 458 valence electrons. The highest BCUT2D eigenvalue weighted by atomic mass is 31.2. The van der Waals surface area contributed by atoms with Crippen LogP contribution in [0.5, 0.6) is 0 Å². The van der Waals surface area contributed by atoms with Crippen LogP contribution in [0.15, 0.2) is 134 Å². The second kappa shape index (κ2) is 60.2. The maximum atomic E-state index is 13.0. The largest absolute Gasteiger partial charge is 0.472 e. The Morgan fingerprint density at radius 2 is 0.762 bits per heavy atom. The minimum Gasteiger partial charge on any atom is -0.387 e. The van der Waals surface area contributed by atoms with Gasteiger partial charge in [0.05, 0.1) is 39.9 Å². The van der Waals surface area contributed by atoms with Crippen LogP contribution in [-0.2, 0) is 18.4 Å². The molecule has 0 spiro atoms. The molecule has 0 aromatic rings. The average Bonchev–Trinajstić information content (AvgIpc) is 3.42. The average molecular weight is 1130 g/mol. The van der Waals surface area contributed by atoms with Crippen molar-refractivity contribution in [2.45, 2.75) is 270 Å². The summed E-state index contributed by atoms with van der Waals surface area (Å²) in [6.07, 6.45) is 91.4. The lowest BCUT2D eigenvalue weighted by Crippen LogP contribution is -2.45. The zero-order valence-corrected chi connectivity index (χ0v) is 53.2. The van der Waals surface area contributed by atoms with Gasteiger partial charge in [-0.2, -0.15) is 0 Å². The highest BCUT2D eigenvalue weighted by molar-refractivity contribution is 7.47. The number of amides is 1. The van der Waals surface area contributed by atoms with Crippen molar-refractivity contribution in [1.29, 1.82) is 0 Å². The highest BCUT2D eigenvalue weighted by Gasteiger charge is 2.27. The van der Waals surface area contributed by atoms with Crippen molar-refractivity contribution < 1.29 is 32.9 Å². The molecular formula is C71H124N2O6P+. The van der Waals surface area contributed by atoms with E-state index in [0.717, 1.165) is 109 Å². The van der Waals surface area contributed by atoms with Crippen LogP contribution in [0, 0.1) is 0 Å². The van der Waals surface area contributed by atoms with Crippen LogP contribution in [0.4, 0.5) is 0 Å². The van der Waals surface area contributed by atoms with E-state index in [1.807, 2.05) is 27.2 Å². The Bertz CT molecular complexity index is 1760. The smallest absolute Gasteiger partial charge is 0.387 e. The summed E-state index contributed by atoms with van der Waals surface area (Å²) in [5.74, 6) is -0.202. The second-order valence-corrected chi connectivity index (χ2v) is 24.2. The van der Waals surface area contributed by atoms with Gasteiger partial charge in [-0.1, -0.05) is 282 Å². The number of aliphatic hydroxyl groups excluding tert-OH is 1. The Kier molecular flexibility index (Phi) is 57.7. The lowest BCUT2D eigenvalue weighted by molar-refractivity contribution is -0.870. The van der Waals surface area contributed by atoms with Crippen LogP contribution in [0.2, 0.25) is 0 Å². The highest BCUT2D eigenvalue weighted by Crippen LogP contribution is 2.43. The predicted molar refractivity (Wildman–Crippen MR) is 350 cm³/mol. The van der Waals surface area contributed by atoms with E-state index in [0.29, 0.717) is 17.4 Å². The van der Waals surface area contributed by atoms with Crippen LogP contribution < -0.4 is 5.32 Å². The van der Waals surface area contributed by atoms with E-state index in [9.17, 15) is 19.4 Å². The van der Waals surface area contributed by atoms with Gasteiger partial charge in [0, 0.05) is 6.42 Å². The third kappa shape index (κ3) is 62.2. The van der Waals surface area contributed by atoms with Crippen molar-refractivity contribution in [3.63, 3.8) is 0 Å². The topological polar surface area (TPSA) is 105 Å². The zero-order valence-electron chi connectivity index (χ0n) is 52.3. The number of nitrogens with one attached hydrogen (secondary N) is 1. The number of allylic oxidation sites excluding steroid dienone is 21. The second-order valence-electron chi connectivity index (χ2n) is 22.7. The van der Waals surface area contributed by atoms with Crippen LogP contribution in [0.3, 0.4) is 0 Å². The number of nitrogens with zero attached hydrogens (tertiary/aromatic N) is 1. The van der Waals surface area contributed by atoms with Crippen LogP contribution >= 0.6 is 7.82 Å². The van der Waals surface area contributed by atoms with Crippen molar-refractivity contribution in [3.8, 4) is 0 Å². The van der Waals surface area contributed by atoms with Crippen molar-refractivity contribution in [3.05, 3.63) is 134 Å². The van der Waals surface area contributed by atoms with Crippen LogP contribution in [0.25, 0.3) is 0 Å². The standard InChI is InChI=1S/C71H123N2O6P/c1-6-8-10-12-14-16-18-20-22-24-26-28-30-31-32-33-34-35-36-37-38-39-40-41-43-45-47-49-51-53-55-57-59-61-63-65-71(75)72-69(68-79-80(76,77)78-67-66-73(3,4)5)70(74)64-62-60-58-56-54-52-50-48-46-44-42-29-27-25-23-21-19-17-15-13-11-9-7-2/h8,10,14,16,20,22,26,28,31-32,34-35,37-38,40-41,45,47,54,56,62,64,69-70,74H,6-7,9,11-13,15,17-19,21,23-25,27,29-30,33,36,39,42-44,46,48-53,55,57-61,63,65-68H2,1-5H3,(H-,72,75,76,77)/p+1/b10-8-,16-14-,22-20-,28-26-,32-31-,35-34-,38-37-,41-40-,47-45-,56-54+,64-62+. The molecule has 0 fully saturated rings. The van der Waals surface area contributed by atoms with Crippen LogP contribution in [0.1, 0.15) is 258 Å². The lowest BCUT2D eigenvalue weighted by atomic mass is 10.0. The Balaban J connectivity index is 4.24. The number of phosphoric acid groups is 1. The maximum Gasteiger partial charge on any atom is 0.472 e. The zero-order chi connectivity index (χ0) is 58.4. The summed E-state index contributed by atoms with van der Waals surface area (Å²) in [6.45, 7) is 4.68. The summed E-state index contributed by atoms with van der Waals surface area (Å²) in [5.41, 5.74) is 0. The first-order chi connectivity index (χ1) is 39.0. The van der Waals surface area contributed by atoms with Gasteiger partial charge < -0.3 is 19.8 Å². The summed E-state index contributed by atoms with van der Waals surface area (Å²) in [6, 6.07) is -0.881. The molecule has 3 atom stereocenters. The van der Waals surface area contributed by atoms with Gasteiger partial charge in [-0.15, -0.1) is 0 Å². The molecule has 0 aromatic heterocycles. The molecule has 8 nitrogen and oxygen atoms in total. The fourth-order valence-electron chi connectivity index (χ4n) is 8.82. The first kappa shape index (κ1) is 76.6. The van der Waals surface area contributed by atoms with Crippen molar-refractivity contribution >= 4 is 13.7 Å². The molecule has 0 rings (SSSR count). The molecule has 0 aromatic carbocycles. The Morgan fingerprint density at radius 1 is 0.438 bits per heavy atom. The molecule has 0 bridgehead atoms. The van der Waals surface area contributed by atoms with E-state index in [2.05, 4.69) is 141 Å². The minimum atomic E-state index is -4.37. The normalized spacial score (nSPS) is 14.6. The van der Waals surface area contributed by atoms with Gasteiger partial charge in [0.15, 0.2) is 0 Å². The molecule has 3 N–H and O–H groups in total. The number of aliphatic hydroxyl groups is 1. The Morgan fingerprint density at radius 3 is 1.15 bits per heavy atom. The fourth-order valence-corrected chi connectivity index (χ4v) is 9.55. The number of unbranched alkanes of at least 4 members (excludes halogenated alkanes) is 25. The summed E-state index contributed by atoms with van der Waals surface area (Å²) >= 11 is 0. The first-order valence-corrected chi connectivity index (χ1v) is 34.1. The molecular weight excluding hydrogens is 1010 g/mol. The fraction of sp³-hybridized carbons (Fsp3) is 0.676. The molecule has 0 aliphatic carbocycles. The van der Waals surface area contributed by atoms with Crippen molar-refractivity contribution in [1.82, 2.24) is 5.32 Å². The Labute approximate surface area is 494 Å². The lowest BCUT2D eigenvalue weighted by Gasteiger charge is -2.25. The van der Waals surface area contributed by atoms with Gasteiger partial charge in [0.1, 0.15) is 13.2 Å². The molecule has 0 saturated carbocycles. The number of quaternary nitrogens is 1. The first-order valence-electron chi connectivity index (χ1n) is 32.6. The number of phosphoric ester groups is 1. The van der Waals surface area contributed by atoms with Gasteiger partial charge in [0.2, 0.25) is 5.91 Å². The van der Waals surface area contributed by atoms with E-state index in [-0.39, 0.29) is 19.1 Å². The van der Waals surface area contributed by atoms with Crippen LogP contribution in [-0.4, -0.2) is 73.4 Å². The molecule has 3 unspecified atom stereocenters. The van der Waals surface area contributed by atoms with Gasteiger partial charge in [-0.25, -0.2) is 4.57 Å². The number of carbonyl (C=O) groups is 1. The van der Waals surface area contributed by atoms with E-state index in [4.69, 9.17) is 9.05 Å². The third-order valence-corrected chi connectivity index (χ3v) is 14.8. The SMILES string of the molecule is CC/C=C\C/C=C\C/C=C\C/C=C\C/C=C\C/C=C\C/C=C\C/C=C\C/C=C\CCCCCCCCCC(=O)NC(COP(=O)(O)OCC[N+](C)(C)C)C(O)/C=C/CC/C=C/CCCCCCCCCCCCCCCCCCC. The quantitative estimate of drug-likeness (QED) is 0.0243. The van der Waals surface area contributed by atoms with Gasteiger partial charge in [0.25, 0.3) is 0 Å². The van der Waals surface area contributed by atoms with Gasteiger partial charge >= 0.3 is 7.82 Å². The maximum absolute atomic E-state index is 13.0. The Hall–Kier alpha value is -3.36. The number of rotatable bonds is 58. The molecule has 0 aliphatic heterocycles. The number of carbonyl (C=O) groups excluding carboxylic acids is 1. The molecule has 9 heteroatoms. The van der Waals surface area contributed by atoms with Crippen molar-refractivity contribution in [2.24, 2.45) is 0 Å². The molecule has 0 radical (unpaired) electrons. The van der Waals surface area contributed by atoms with Crippen molar-refractivity contribution in [2.75, 3.05) is 40.9 Å². The summed E-state index contributed by atoms with van der Waals surface area (Å²) in [4.78, 5) is 23.4. The summed E-state index contributed by atoms with van der Waals surface area (Å²) in [5, 5.41) is 13.9. The number of likely N-dealkylation sites (N-methyl/N-ethyl adjacent to an activating group) is 1. The monoisotopic (exact) mass is 1130 g/mol. The molecule has 0 aliphatic rings. The van der Waals surface area contributed by atoms with E-state index < -0.39 is 20.0 Å². The molecule has 1 amide bonds. The number of hydrogen-bond acceptors (Lipinski definition) is 5. The third-order valence-electron chi connectivity index (χ3n) is 13.9. The summed E-state index contributed by atoms with van der Waals surface area (Å²) in [7, 11) is 1.53. The summed E-state index contributed by atoms with van der Waals surface area (Å²) < 4.78 is 23.7. The van der Waals surface area contributed by atoms with E-state index in [1.165, 1.54) is 128 Å². The minimum absolute atomic E-state index is 0.0471. The van der Waals surface area contributed by atoms with Gasteiger partial charge in [-0.3, -0.25) is 13.8 Å². The van der Waals surface area contributed by atoms with E-state index in [1.54, 1.807) is 6.08 Å². The molecule has 80 heavy (non-hydrogen) atoms. The van der Waals surface area contributed by atoms with Gasteiger partial charge in [-0.05, 0) is 103 Å².